The van der Waals surface area contributed by atoms with Gasteiger partial charge in [0.25, 0.3) is 0 Å². The van der Waals surface area contributed by atoms with Crippen molar-refractivity contribution in [2.45, 2.75) is 112 Å². The summed E-state index contributed by atoms with van der Waals surface area (Å²) in [5, 5.41) is 79.9. The third kappa shape index (κ3) is 5.91. The zero-order valence-corrected chi connectivity index (χ0v) is 21.5. The number of carbonyl (C=O) groups is 2. The smallest absolute Gasteiger partial charge is 0.218 e. The SMILES string of the molecule is CC(=O)N[C@H]1[C@H](O[C@@H]2[C@@H](CO[C@H]3O[C@H](C)[C@@H](O)[C@@H](O)[C@@H]3O)O[C@@H]3N[C@@]3(NC(C)=O)[C@H]2O)O[C@H](CO)[C@@H](O)[C@@H]1O. The summed E-state index contributed by atoms with van der Waals surface area (Å²) in [4.78, 5) is 23.6. The van der Waals surface area contributed by atoms with E-state index >= 15 is 0 Å². The molecule has 2 amide bonds. The summed E-state index contributed by atoms with van der Waals surface area (Å²) < 4.78 is 28.6. The van der Waals surface area contributed by atoms with E-state index in [0.717, 1.165) is 6.92 Å². The number of hydrogen-bond acceptors (Lipinski definition) is 15. The van der Waals surface area contributed by atoms with E-state index in [1.165, 1.54) is 13.8 Å². The number of rotatable bonds is 8. The zero-order valence-electron chi connectivity index (χ0n) is 21.5. The summed E-state index contributed by atoms with van der Waals surface area (Å²) in [6.45, 7) is 2.75. The Labute approximate surface area is 222 Å². The Morgan fingerprint density at radius 2 is 1.56 bits per heavy atom. The molecule has 4 aliphatic heterocycles. The van der Waals surface area contributed by atoms with Crippen LogP contribution in [0.25, 0.3) is 0 Å². The molecule has 0 spiro atoms. The summed E-state index contributed by atoms with van der Waals surface area (Å²) in [6.07, 6.45) is -17.7. The van der Waals surface area contributed by atoms with Gasteiger partial charge in [0.05, 0.1) is 19.3 Å². The first-order valence-electron chi connectivity index (χ1n) is 12.6. The van der Waals surface area contributed by atoms with Crippen molar-refractivity contribution in [2.24, 2.45) is 0 Å². The lowest BCUT2D eigenvalue weighted by Gasteiger charge is -2.46. The number of carbonyl (C=O) groups excluding carboxylic acids is 2. The van der Waals surface area contributed by atoms with Gasteiger partial charge in [-0.15, -0.1) is 0 Å². The van der Waals surface area contributed by atoms with Gasteiger partial charge < -0.3 is 70.1 Å². The van der Waals surface area contributed by atoms with Crippen molar-refractivity contribution in [3.8, 4) is 0 Å². The lowest BCUT2D eigenvalue weighted by Crippen LogP contribution is -2.68. The Balaban J connectivity index is 1.56. The van der Waals surface area contributed by atoms with E-state index in [9.17, 15) is 45.3 Å². The summed E-state index contributed by atoms with van der Waals surface area (Å²) >= 11 is 0. The second-order valence-electron chi connectivity index (χ2n) is 10.2. The predicted molar refractivity (Wildman–Crippen MR) is 123 cm³/mol. The molecular weight excluding hydrogens is 530 g/mol. The molecule has 0 radical (unpaired) electrons. The number of hydrogen-bond donors (Lipinski definition) is 10. The third-order valence-corrected chi connectivity index (χ3v) is 7.31. The lowest BCUT2D eigenvalue weighted by atomic mass is 9.94. The molecule has 0 aromatic heterocycles. The Bertz CT molecular complexity index is 900. The summed E-state index contributed by atoms with van der Waals surface area (Å²) in [7, 11) is 0. The van der Waals surface area contributed by atoms with E-state index < -0.39 is 117 Å². The van der Waals surface area contributed by atoms with E-state index in [1.54, 1.807) is 0 Å². The molecule has 0 bridgehead atoms. The fraction of sp³-hybridized carbons (Fsp3) is 0.909. The highest BCUT2D eigenvalue weighted by Crippen LogP contribution is 2.40. The maximum atomic E-state index is 11.8. The van der Waals surface area contributed by atoms with Crippen molar-refractivity contribution in [3.05, 3.63) is 0 Å². The Kier molecular flexibility index (Phi) is 9.14. The number of nitrogens with one attached hydrogen (secondary N) is 3. The molecule has 0 aromatic rings. The molecule has 10 N–H and O–H groups in total. The molecule has 17 nitrogen and oxygen atoms in total. The largest absolute Gasteiger partial charge is 0.394 e. The molecule has 17 heteroatoms. The number of aliphatic hydroxyl groups excluding tert-OH is 7. The topological polar surface area (TPSA) is 268 Å². The highest BCUT2D eigenvalue weighted by Gasteiger charge is 2.69. The quantitative estimate of drug-likeness (QED) is 0.122. The number of aliphatic hydroxyl groups is 7. The van der Waals surface area contributed by atoms with E-state index in [0.29, 0.717) is 0 Å². The molecule has 4 saturated heterocycles. The van der Waals surface area contributed by atoms with Crippen LogP contribution in [-0.2, 0) is 33.3 Å². The maximum Gasteiger partial charge on any atom is 0.218 e. The van der Waals surface area contributed by atoms with Crippen LogP contribution in [-0.4, -0.2) is 152 Å². The summed E-state index contributed by atoms with van der Waals surface area (Å²) in [6, 6.07) is -1.34. The summed E-state index contributed by atoms with van der Waals surface area (Å²) in [5.41, 5.74) is -1.45. The monoisotopic (exact) mass is 567 g/mol. The first-order chi connectivity index (χ1) is 18.3. The molecule has 0 saturated carbocycles. The molecule has 4 rings (SSSR count). The van der Waals surface area contributed by atoms with Gasteiger partial charge in [-0.3, -0.25) is 14.9 Å². The standard InChI is InChI=1S/C22H37N3O14/c1-6-12(29)15(32)16(33)20(36-6)35-5-10-17(18(34)22(24-8(3)28)21(25-22)38-10)39-19-11(23-7(2)27)14(31)13(30)9(4-26)37-19/h6,9-21,25-26,29-34H,4-5H2,1-3H3,(H,23,27)(H,24,28)/t6-,9-,10-,11-,12-,13-,14-,15-,16+,17-,18+,19+,20+,21+,22+/m1/s1. The second-order valence-corrected chi connectivity index (χ2v) is 10.2. The Morgan fingerprint density at radius 1 is 0.872 bits per heavy atom. The molecule has 0 aliphatic carbocycles. The van der Waals surface area contributed by atoms with Gasteiger partial charge in [-0.2, -0.15) is 0 Å². The van der Waals surface area contributed by atoms with Gasteiger partial charge in [-0.25, -0.2) is 0 Å². The van der Waals surface area contributed by atoms with Crippen LogP contribution in [0.5, 0.6) is 0 Å². The van der Waals surface area contributed by atoms with Crippen molar-refractivity contribution < 1.29 is 69.0 Å². The molecule has 4 heterocycles. The molecule has 15 atom stereocenters. The van der Waals surface area contributed by atoms with Crippen LogP contribution < -0.4 is 16.0 Å². The predicted octanol–water partition coefficient (Wildman–Crippen LogP) is -6.32. The van der Waals surface area contributed by atoms with E-state index in [4.69, 9.17) is 23.7 Å². The molecule has 0 aromatic carbocycles. The van der Waals surface area contributed by atoms with Crippen LogP contribution in [0.2, 0.25) is 0 Å². The molecule has 224 valence electrons. The number of amides is 2. The fourth-order valence-corrected chi connectivity index (χ4v) is 5.12. The highest BCUT2D eigenvalue weighted by molar-refractivity contribution is 5.74. The van der Waals surface area contributed by atoms with Crippen molar-refractivity contribution >= 4 is 11.8 Å². The van der Waals surface area contributed by atoms with Crippen LogP contribution >= 0.6 is 0 Å². The minimum Gasteiger partial charge on any atom is -0.394 e. The first-order valence-corrected chi connectivity index (χ1v) is 12.6. The van der Waals surface area contributed by atoms with Gasteiger partial charge in [-0.1, -0.05) is 0 Å². The van der Waals surface area contributed by atoms with Crippen LogP contribution in [0.4, 0.5) is 0 Å². The minimum absolute atomic E-state index is 0.403. The molecule has 4 aliphatic rings. The van der Waals surface area contributed by atoms with Crippen molar-refractivity contribution in [1.82, 2.24) is 16.0 Å². The number of ether oxygens (including phenoxy) is 5. The van der Waals surface area contributed by atoms with E-state index in [1.807, 2.05) is 0 Å². The summed E-state index contributed by atoms with van der Waals surface area (Å²) in [5.74, 6) is -1.09. The number of fused-ring (bicyclic) bond motifs is 1. The second kappa shape index (κ2) is 11.7. The van der Waals surface area contributed by atoms with Gasteiger partial charge in [0.15, 0.2) is 18.2 Å². The minimum atomic E-state index is -1.63. The van der Waals surface area contributed by atoms with E-state index in [-0.39, 0.29) is 0 Å². The maximum absolute atomic E-state index is 11.8. The van der Waals surface area contributed by atoms with Gasteiger partial charge >= 0.3 is 0 Å². The van der Waals surface area contributed by atoms with Gasteiger partial charge in [0.1, 0.15) is 67.2 Å². The average Bonchev–Trinajstić information content (AvgIpc) is 3.58. The van der Waals surface area contributed by atoms with Gasteiger partial charge in [-0.05, 0) is 6.92 Å². The van der Waals surface area contributed by atoms with Crippen molar-refractivity contribution in [2.75, 3.05) is 13.2 Å². The lowest BCUT2D eigenvalue weighted by molar-refractivity contribution is -0.323. The van der Waals surface area contributed by atoms with Crippen LogP contribution in [0.15, 0.2) is 0 Å². The average molecular weight is 568 g/mol. The van der Waals surface area contributed by atoms with Crippen LogP contribution in [0, 0.1) is 0 Å². The molecular formula is C22H37N3O14. The molecule has 39 heavy (non-hydrogen) atoms. The van der Waals surface area contributed by atoms with Gasteiger partial charge in [0, 0.05) is 13.8 Å². The van der Waals surface area contributed by atoms with Crippen molar-refractivity contribution in [3.63, 3.8) is 0 Å². The van der Waals surface area contributed by atoms with Crippen LogP contribution in [0.3, 0.4) is 0 Å². The Morgan fingerprint density at radius 3 is 2.18 bits per heavy atom. The molecule has 0 unspecified atom stereocenters. The van der Waals surface area contributed by atoms with Crippen molar-refractivity contribution in [1.29, 1.82) is 0 Å². The highest BCUT2D eigenvalue weighted by atomic mass is 16.7. The third-order valence-electron chi connectivity index (χ3n) is 7.31. The van der Waals surface area contributed by atoms with Gasteiger partial charge in [0.2, 0.25) is 11.8 Å². The molecule has 4 fully saturated rings. The first kappa shape index (κ1) is 30.4. The Hall–Kier alpha value is -1.58. The fourth-order valence-electron chi connectivity index (χ4n) is 5.12. The normalized spacial score (nSPS) is 49.6. The van der Waals surface area contributed by atoms with E-state index in [2.05, 4.69) is 16.0 Å². The van der Waals surface area contributed by atoms with Crippen LogP contribution in [0.1, 0.15) is 20.8 Å². The zero-order chi connectivity index (χ0) is 28.8.